The molecule has 478 valence electrons. The third-order valence-electron chi connectivity index (χ3n) is 21.6. The number of hydrogen-bond donors (Lipinski definition) is 1. The van der Waals surface area contributed by atoms with Gasteiger partial charge >= 0.3 is 0 Å². The zero-order chi connectivity index (χ0) is 64.1. The first-order valence-corrected chi connectivity index (χ1v) is 51.3. The number of hydrogen-bond acceptors (Lipinski definition) is 8. The van der Waals surface area contributed by atoms with Gasteiger partial charge in [-0.1, -0.05) is 209 Å². The van der Waals surface area contributed by atoms with Crippen molar-refractivity contribution in [1.82, 2.24) is 0 Å². The van der Waals surface area contributed by atoms with E-state index in [-0.39, 0.29) is 67.2 Å². The Morgan fingerprint density at radius 3 is 0.880 bits per heavy atom. The second-order valence-corrected chi connectivity index (χ2v) is 65.6. The van der Waals surface area contributed by atoms with Crippen molar-refractivity contribution in [1.29, 1.82) is 0 Å². The summed E-state index contributed by atoms with van der Waals surface area (Å²) in [5, 5.41) is 12.4. The summed E-state index contributed by atoms with van der Waals surface area (Å²) in [7, 11) is -14.8. The summed E-state index contributed by atoms with van der Waals surface area (Å²) in [6.07, 6.45) is 10.4. The standard InChI is InChI=1S/C40H69O4PSi3.C28H60O4Si3/c1-38(2,3)46(10,11)42-28-26-35-36(43-47(12,13)39(4,5)6)30-32(31-37(35)44-48(14,15)40(7,8)9)27-29-45(41,33-22-18-16-19-23-33)34-24-20-17-21-25-34;1-26(2,3)33(10,11)30-19-17-23-24(31-34(12,13)27(4,5)6)20-22(16-18-29)21-25(23)32-35(14,15)28(7,8)9/h16-25,27,35-37H,26,28-31H2,1-15H3;16,23-25,29H,17-21H2,1-15H3/t35?,36-,37-;23?,24-,25-/m11/s1. The molecule has 1 N–H and O–H groups in total. The van der Waals surface area contributed by atoms with Crippen LogP contribution in [-0.4, -0.2) is 105 Å². The molecule has 0 bridgehead atoms. The van der Waals surface area contributed by atoms with Crippen molar-refractivity contribution < 1.29 is 36.2 Å². The number of allylic oxidation sites excluding steroid dienone is 1. The molecule has 4 rings (SSSR count). The zero-order valence-electron chi connectivity index (χ0n) is 59.2. The van der Waals surface area contributed by atoms with Crippen LogP contribution in [-0.2, 0) is 31.1 Å². The minimum atomic E-state index is -2.89. The SMILES string of the molecule is CC(C)(C)[Si](C)(C)OCCC1[C@H](O[Si](C)(C)C(C)(C)C)CC(=CCO)C[C@H]1O[Si](C)(C)C(C)(C)C.CC(C)(C)[Si](C)(C)OCCC1[C@H](O[Si](C)(C)C(C)(C)C)CC(=CCP(=O)(c2ccccc2)c2ccccc2)C[C@H]1O[Si](C)(C)C(C)(C)C. The normalized spacial score (nSPS) is 21.8. The molecule has 2 aromatic carbocycles. The van der Waals surface area contributed by atoms with Crippen molar-refractivity contribution in [2.75, 3.05) is 26.0 Å². The van der Waals surface area contributed by atoms with Gasteiger partial charge in [-0.05, 0) is 147 Å². The summed E-state index contributed by atoms with van der Waals surface area (Å²) in [4.78, 5) is 0. The lowest BCUT2D eigenvalue weighted by Gasteiger charge is -2.49. The first kappa shape index (κ1) is 76.4. The Morgan fingerprint density at radius 1 is 0.410 bits per heavy atom. The van der Waals surface area contributed by atoms with Gasteiger partial charge in [0, 0.05) is 41.8 Å². The highest BCUT2D eigenvalue weighted by molar-refractivity contribution is 7.78. The summed E-state index contributed by atoms with van der Waals surface area (Å²) in [5.41, 5.74) is 2.59. The predicted molar refractivity (Wildman–Crippen MR) is 377 cm³/mol. The maximum absolute atomic E-state index is 15.0. The average molecular weight is 1270 g/mol. The Balaban J connectivity index is 0.000000459. The minimum Gasteiger partial charge on any atom is -0.417 e. The molecule has 0 heterocycles. The smallest absolute Gasteiger partial charge is 0.192 e. The molecule has 0 unspecified atom stereocenters. The van der Waals surface area contributed by atoms with Crippen molar-refractivity contribution in [3.05, 3.63) is 84.0 Å². The second-order valence-electron chi connectivity index (χ2n) is 34.1. The maximum atomic E-state index is 15.0. The fourth-order valence-electron chi connectivity index (χ4n) is 9.52. The first-order valence-electron chi connectivity index (χ1n) is 31.9. The van der Waals surface area contributed by atoms with Crippen molar-refractivity contribution in [2.45, 2.75) is 296 Å². The number of benzene rings is 2. The van der Waals surface area contributed by atoms with Crippen LogP contribution in [0.25, 0.3) is 0 Å². The van der Waals surface area contributed by atoms with Gasteiger partial charge in [0.05, 0.1) is 31.0 Å². The van der Waals surface area contributed by atoms with Crippen LogP contribution in [0.5, 0.6) is 0 Å². The molecule has 83 heavy (non-hydrogen) atoms. The van der Waals surface area contributed by atoms with Gasteiger partial charge in [0.2, 0.25) is 0 Å². The average Bonchev–Trinajstić information content (AvgIpc) is 3.31. The highest BCUT2D eigenvalue weighted by atomic mass is 31.2. The molecular weight excluding hydrogens is 1140 g/mol. The van der Waals surface area contributed by atoms with E-state index in [4.69, 9.17) is 26.6 Å². The summed E-state index contributed by atoms with van der Waals surface area (Å²) < 4.78 is 57.5. The molecule has 2 saturated carbocycles. The molecule has 15 heteroatoms. The molecule has 0 aromatic heterocycles. The summed E-state index contributed by atoms with van der Waals surface area (Å²) in [6, 6.07) is 20.1. The van der Waals surface area contributed by atoms with Gasteiger partial charge in [-0.3, -0.25) is 0 Å². The molecule has 4 atom stereocenters. The predicted octanol–water partition coefficient (Wildman–Crippen LogP) is 20.0. The minimum absolute atomic E-state index is 0.0245. The Bertz CT molecular complexity index is 2310. The Morgan fingerprint density at radius 2 is 0.651 bits per heavy atom. The first-order chi connectivity index (χ1) is 37.3. The quantitative estimate of drug-likeness (QED) is 0.0751. The van der Waals surface area contributed by atoms with Gasteiger partial charge < -0.3 is 36.2 Å². The number of aliphatic hydroxyl groups is 1. The molecule has 0 saturated heterocycles. The topological polar surface area (TPSA) is 92.7 Å². The summed E-state index contributed by atoms with van der Waals surface area (Å²) >= 11 is 0. The van der Waals surface area contributed by atoms with Crippen LogP contribution in [0, 0.1) is 11.8 Å². The second kappa shape index (κ2) is 28.6. The highest BCUT2D eigenvalue weighted by Crippen LogP contribution is 2.50. The van der Waals surface area contributed by atoms with Crippen LogP contribution in [0.1, 0.15) is 163 Å². The van der Waals surface area contributed by atoms with E-state index in [1.54, 1.807) is 0 Å². The van der Waals surface area contributed by atoms with Crippen molar-refractivity contribution >= 4 is 67.7 Å². The number of aliphatic hydroxyl groups excluding tert-OH is 1. The Labute approximate surface area is 518 Å². The van der Waals surface area contributed by atoms with Crippen LogP contribution in [0.2, 0.25) is 109 Å². The molecule has 0 spiro atoms. The molecule has 0 aliphatic heterocycles. The lowest BCUT2D eigenvalue weighted by atomic mass is 9.79. The van der Waals surface area contributed by atoms with Crippen molar-refractivity contribution in [2.24, 2.45) is 11.8 Å². The fraction of sp³-hybridized carbons (Fsp3) is 0.765. The van der Waals surface area contributed by atoms with Gasteiger partial charge in [-0.15, -0.1) is 0 Å². The maximum Gasteiger partial charge on any atom is 0.192 e. The van der Waals surface area contributed by atoms with E-state index in [1.165, 1.54) is 11.1 Å². The van der Waals surface area contributed by atoms with Crippen LogP contribution in [0.3, 0.4) is 0 Å². The molecule has 2 aliphatic carbocycles. The van der Waals surface area contributed by atoms with Crippen LogP contribution in [0.4, 0.5) is 0 Å². The van der Waals surface area contributed by atoms with E-state index in [2.05, 4.69) is 209 Å². The molecule has 0 radical (unpaired) electrons. The van der Waals surface area contributed by atoms with Crippen molar-refractivity contribution in [3.8, 4) is 0 Å². The third kappa shape index (κ3) is 20.9. The van der Waals surface area contributed by atoms with Crippen molar-refractivity contribution in [3.63, 3.8) is 0 Å². The zero-order valence-corrected chi connectivity index (χ0v) is 66.1. The van der Waals surface area contributed by atoms with E-state index in [9.17, 15) is 5.11 Å². The molecule has 2 fully saturated rings. The Hall–Kier alpha value is -0.829. The van der Waals surface area contributed by atoms with E-state index in [0.717, 1.165) is 62.3 Å². The highest BCUT2D eigenvalue weighted by Gasteiger charge is 2.50. The van der Waals surface area contributed by atoms with E-state index >= 15 is 4.57 Å². The Kier molecular flexibility index (Phi) is 26.3. The van der Waals surface area contributed by atoms with Gasteiger partial charge in [0.15, 0.2) is 49.9 Å². The fourth-order valence-corrected chi connectivity index (χ4v) is 19.7. The molecule has 8 nitrogen and oxygen atoms in total. The summed E-state index contributed by atoms with van der Waals surface area (Å²) in [5.74, 6) is 0.518. The van der Waals surface area contributed by atoms with Gasteiger partial charge in [0.25, 0.3) is 0 Å². The van der Waals surface area contributed by atoms with Crippen LogP contribution >= 0.6 is 7.14 Å². The van der Waals surface area contributed by atoms with Crippen LogP contribution in [0.15, 0.2) is 84.0 Å². The molecule has 2 aromatic rings. The van der Waals surface area contributed by atoms with E-state index < -0.39 is 57.0 Å². The monoisotopic (exact) mass is 1270 g/mol. The lowest BCUT2D eigenvalue weighted by Crippen LogP contribution is -2.53. The van der Waals surface area contributed by atoms with Gasteiger partial charge in [-0.25, -0.2) is 0 Å². The largest absolute Gasteiger partial charge is 0.417 e. The van der Waals surface area contributed by atoms with Gasteiger partial charge in [0.1, 0.15) is 7.14 Å². The molecule has 0 amide bonds. The lowest BCUT2D eigenvalue weighted by molar-refractivity contribution is -0.00360. The summed E-state index contributed by atoms with van der Waals surface area (Å²) in [6.45, 7) is 71.5. The van der Waals surface area contributed by atoms with E-state index in [0.29, 0.717) is 12.1 Å². The number of rotatable bonds is 21. The third-order valence-corrected chi connectivity index (χ3v) is 51.6. The molecular formula is C68H129O8PSi6. The van der Waals surface area contributed by atoms with E-state index in [1.807, 2.05) is 66.7 Å². The van der Waals surface area contributed by atoms with Crippen LogP contribution < -0.4 is 10.6 Å². The van der Waals surface area contributed by atoms with Gasteiger partial charge in [-0.2, -0.15) is 0 Å². The molecule has 2 aliphatic rings.